The van der Waals surface area contributed by atoms with Crippen molar-refractivity contribution in [3.63, 3.8) is 0 Å². The van der Waals surface area contributed by atoms with Crippen LogP contribution < -0.4 is 0 Å². The van der Waals surface area contributed by atoms with Crippen molar-refractivity contribution >= 4 is 5.97 Å². The molecule has 0 spiro atoms. The molecule has 0 atom stereocenters. The van der Waals surface area contributed by atoms with Gasteiger partial charge in [-0.3, -0.25) is 0 Å². The normalized spacial score (nSPS) is 10.6. The van der Waals surface area contributed by atoms with Crippen molar-refractivity contribution in [2.45, 2.75) is 6.61 Å². The summed E-state index contributed by atoms with van der Waals surface area (Å²) >= 11 is 0. The topological polar surface area (TPSA) is 107 Å². The molecule has 0 fully saturated rings. The molecule has 1 aromatic rings. The fourth-order valence-corrected chi connectivity index (χ4v) is 0.969. The van der Waals surface area contributed by atoms with Crippen molar-refractivity contribution in [1.29, 1.82) is 0 Å². The van der Waals surface area contributed by atoms with Crippen LogP contribution in [0.4, 0.5) is 0 Å². The number of rotatable bonds is 10. The molecule has 1 aromatic heterocycles. The van der Waals surface area contributed by atoms with Crippen molar-refractivity contribution in [1.82, 2.24) is 15.4 Å². The average Bonchev–Trinajstić information content (AvgIpc) is 2.79. The molecule has 0 unspecified atom stereocenters. The number of hydrogen-bond donors (Lipinski definition) is 2. The third-order valence-corrected chi connectivity index (χ3v) is 1.68. The molecule has 8 heteroatoms. The lowest BCUT2D eigenvalue weighted by Gasteiger charge is -2.04. The molecule has 0 aromatic carbocycles. The SMILES string of the molecule is O=C(O)COCCOCCOCc1cn[nH]n1. The number of hydrogen-bond acceptors (Lipinski definition) is 6. The van der Waals surface area contributed by atoms with Crippen molar-refractivity contribution in [2.75, 3.05) is 33.0 Å². The average molecular weight is 245 g/mol. The van der Waals surface area contributed by atoms with E-state index < -0.39 is 5.97 Å². The Kier molecular flexibility index (Phi) is 6.87. The Bertz CT molecular complexity index is 304. The molecule has 0 bridgehead atoms. The zero-order valence-corrected chi connectivity index (χ0v) is 9.29. The number of aromatic nitrogens is 3. The molecule has 17 heavy (non-hydrogen) atoms. The van der Waals surface area contributed by atoms with Gasteiger partial charge in [0.05, 0.1) is 39.2 Å². The van der Waals surface area contributed by atoms with E-state index in [1.165, 1.54) is 0 Å². The minimum absolute atomic E-state index is 0.260. The maximum absolute atomic E-state index is 10.1. The first-order valence-corrected chi connectivity index (χ1v) is 5.08. The van der Waals surface area contributed by atoms with E-state index in [0.29, 0.717) is 26.4 Å². The Morgan fingerprint density at radius 2 is 1.94 bits per heavy atom. The molecule has 1 heterocycles. The monoisotopic (exact) mass is 245 g/mol. The van der Waals surface area contributed by atoms with Crippen LogP contribution in [-0.4, -0.2) is 59.5 Å². The molecular weight excluding hydrogens is 230 g/mol. The summed E-state index contributed by atoms with van der Waals surface area (Å²) in [7, 11) is 0. The highest BCUT2D eigenvalue weighted by Gasteiger charge is 1.97. The summed E-state index contributed by atoms with van der Waals surface area (Å²) in [6.07, 6.45) is 1.58. The summed E-state index contributed by atoms with van der Waals surface area (Å²) in [5.74, 6) is -0.985. The van der Waals surface area contributed by atoms with Gasteiger partial charge in [-0.1, -0.05) is 0 Å². The van der Waals surface area contributed by atoms with Crippen LogP contribution in [0.25, 0.3) is 0 Å². The molecule has 0 aliphatic carbocycles. The number of carboxylic acid groups (broad SMARTS) is 1. The van der Waals surface area contributed by atoms with E-state index in [4.69, 9.17) is 19.3 Å². The molecular formula is C9H15N3O5. The van der Waals surface area contributed by atoms with Gasteiger partial charge < -0.3 is 19.3 Å². The van der Waals surface area contributed by atoms with Crippen LogP contribution in [0.1, 0.15) is 5.69 Å². The van der Waals surface area contributed by atoms with Gasteiger partial charge in [-0.15, -0.1) is 0 Å². The van der Waals surface area contributed by atoms with Gasteiger partial charge in [-0.25, -0.2) is 4.79 Å². The number of ether oxygens (including phenoxy) is 3. The molecule has 0 saturated carbocycles. The summed E-state index contributed by atoms with van der Waals surface area (Å²) in [6, 6.07) is 0. The maximum atomic E-state index is 10.1. The van der Waals surface area contributed by atoms with Gasteiger partial charge in [-0.2, -0.15) is 15.4 Å². The summed E-state index contributed by atoms with van der Waals surface area (Å²) in [4.78, 5) is 10.1. The second kappa shape index (κ2) is 8.62. The molecule has 8 nitrogen and oxygen atoms in total. The van der Waals surface area contributed by atoms with Gasteiger partial charge in [-0.05, 0) is 0 Å². The zero-order valence-electron chi connectivity index (χ0n) is 9.29. The predicted molar refractivity (Wildman–Crippen MR) is 55.3 cm³/mol. The Hall–Kier alpha value is -1.51. The number of nitrogens with one attached hydrogen (secondary N) is 1. The highest BCUT2D eigenvalue weighted by molar-refractivity contribution is 5.67. The van der Waals surface area contributed by atoms with Gasteiger partial charge in [0, 0.05) is 0 Å². The standard InChI is InChI=1S/C9H15N3O5/c13-9(14)7-17-4-2-15-1-3-16-6-8-5-10-12-11-8/h5H,1-4,6-7H2,(H,13,14)(H,10,11,12). The summed E-state index contributed by atoms with van der Waals surface area (Å²) in [5.41, 5.74) is 0.731. The van der Waals surface area contributed by atoms with Crippen LogP contribution in [0.2, 0.25) is 0 Å². The van der Waals surface area contributed by atoms with Crippen LogP contribution in [0.15, 0.2) is 6.20 Å². The molecule has 96 valence electrons. The first-order chi connectivity index (χ1) is 8.29. The first kappa shape index (κ1) is 13.6. The molecule has 1 rings (SSSR count). The van der Waals surface area contributed by atoms with Crippen molar-refractivity contribution < 1.29 is 24.1 Å². The Morgan fingerprint density at radius 3 is 2.59 bits per heavy atom. The molecule has 0 aliphatic rings. The lowest BCUT2D eigenvalue weighted by molar-refractivity contribution is -0.142. The minimum atomic E-state index is -0.985. The van der Waals surface area contributed by atoms with Crippen molar-refractivity contribution in [2.24, 2.45) is 0 Å². The van der Waals surface area contributed by atoms with Gasteiger partial charge in [0.15, 0.2) is 0 Å². The smallest absolute Gasteiger partial charge is 0.329 e. The maximum Gasteiger partial charge on any atom is 0.329 e. The lowest BCUT2D eigenvalue weighted by Crippen LogP contribution is -2.13. The van der Waals surface area contributed by atoms with E-state index >= 15 is 0 Å². The van der Waals surface area contributed by atoms with Crippen molar-refractivity contribution in [3.8, 4) is 0 Å². The first-order valence-electron chi connectivity index (χ1n) is 5.08. The fourth-order valence-electron chi connectivity index (χ4n) is 0.969. The number of aliphatic carboxylic acids is 1. The number of carboxylic acids is 1. The zero-order chi connectivity index (χ0) is 12.3. The Labute approximate surface area is 97.9 Å². The van der Waals surface area contributed by atoms with Gasteiger partial charge in [0.25, 0.3) is 0 Å². The molecule has 0 saturated heterocycles. The fraction of sp³-hybridized carbons (Fsp3) is 0.667. The molecule has 0 aliphatic heterocycles. The second-order valence-corrected chi connectivity index (χ2v) is 3.07. The number of carbonyl (C=O) groups is 1. The third-order valence-electron chi connectivity index (χ3n) is 1.68. The van der Waals surface area contributed by atoms with Crippen LogP contribution in [-0.2, 0) is 25.6 Å². The lowest BCUT2D eigenvalue weighted by atomic mass is 10.5. The second-order valence-electron chi connectivity index (χ2n) is 3.07. The Balaban J connectivity index is 1.80. The van der Waals surface area contributed by atoms with E-state index in [-0.39, 0.29) is 13.2 Å². The van der Waals surface area contributed by atoms with Crippen LogP contribution in [0.3, 0.4) is 0 Å². The number of aromatic amines is 1. The van der Waals surface area contributed by atoms with Crippen molar-refractivity contribution in [3.05, 3.63) is 11.9 Å². The van der Waals surface area contributed by atoms with Crippen LogP contribution in [0.5, 0.6) is 0 Å². The summed E-state index contributed by atoms with van der Waals surface area (Å²) < 4.78 is 15.2. The Morgan fingerprint density at radius 1 is 1.24 bits per heavy atom. The van der Waals surface area contributed by atoms with Gasteiger partial charge in [0.2, 0.25) is 0 Å². The number of H-pyrrole nitrogens is 1. The quantitative estimate of drug-likeness (QED) is 0.532. The number of nitrogens with zero attached hydrogens (tertiary/aromatic N) is 2. The van der Waals surface area contributed by atoms with E-state index in [1.807, 2.05) is 0 Å². The molecule has 0 radical (unpaired) electrons. The van der Waals surface area contributed by atoms with Gasteiger partial charge in [0.1, 0.15) is 12.3 Å². The highest BCUT2D eigenvalue weighted by Crippen LogP contribution is 1.91. The third kappa shape index (κ3) is 7.39. The van der Waals surface area contributed by atoms with Crippen LogP contribution in [0, 0.1) is 0 Å². The van der Waals surface area contributed by atoms with E-state index in [2.05, 4.69) is 15.4 Å². The van der Waals surface area contributed by atoms with E-state index in [1.54, 1.807) is 6.20 Å². The minimum Gasteiger partial charge on any atom is -0.480 e. The molecule has 0 amide bonds. The van der Waals surface area contributed by atoms with E-state index in [9.17, 15) is 4.79 Å². The van der Waals surface area contributed by atoms with E-state index in [0.717, 1.165) is 5.69 Å². The highest BCUT2D eigenvalue weighted by atomic mass is 16.5. The summed E-state index contributed by atoms with van der Waals surface area (Å²) in [5, 5.41) is 18.2. The van der Waals surface area contributed by atoms with Gasteiger partial charge >= 0.3 is 5.97 Å². The summed E-state index contributed by atoms with van der Waals surface area (Å²) in [6.45, 7) is 1.55. The predicted octanol–water partition coefficient (Wildman–Crippen LogP) is -0.561. The largest absolute Gasteiger partial charge is 0.480 e. The van der Waals surface area contributed by atoms with Crippen LogP contribution >= 0.6 is 0 Å². The molecule has 2 N–H and O–H groups in total.